The molecule has 0 aliphatic carbocycles. The van der Waals surface area contributed by atoms with Gasteiger partial charge in [0, 0.05) is 12.6 Å². The largest absolute Gasteiger partial charge is 0.478 e. The SMILES string of the molecule is CC(C)C(CN(C)C)Nc1cccc(F)c1C(=O)O. The van der Waals surface area contributed by atoms with Crippen LogP contribution in [-0.2, 0) is 0 Å². The summed E-state index contributed by atoms with van der Waals surface area (Å²) >= 11 is 0. The first-order chi connectivity index (χ1) is 8.82. The van der Waals surface area contributed by atoms with Gasteiger partial charge in [0.05, 0.1) is 5.69 Å². The van der Waals surface area contributed by atoms with Crippen LogP contribution in [0.3, 0.4) is 0 Å². The zero-order chi connectivity index (χ0) is 14.6. The van der Waals surface area contributed by atoms with Crippen molar-refractivity contribution < 1.29 is 14.3 Å². The van der Waals surface area contributed by atoms with Crippen molar-refractivity contribution >= 4 is 11.7 Å². The highest BCUT2D eigenvalue weighted by molar-refractivity contribution is 5.94. The highest BCUT2D eigenvalue weighted by Gasteiger charge is 2.20. The van der Waals surface area contributed by atoms with Crippen molar-refractivity contribution in [2.45, 2.75) is 19.9 Å². The molecule has 1 aromatic carbocycles. The Balaban J connectivity index is 3.02. The van der Waals surface area contributed by atoms with Crippen LogP contribution in [0.15, 0.2) is 18.2 Å². The number of carboxylic acid groups (broad SMARTS) is 1. The van der Waals surface area contributed by atoms with Crippen LogP contribution in [0.25, 0.3) is 0 Å². The van der Waals surface area contributed by atoms with E-state index in [1.54, 1.807) is 6.07 Å². The van der Waals surface area contributed by atoms with E-state index >= 15 is 0 Å². The molecule has 0 heterocycles. The Morgan fingerprint density at radius 2 is 2.05 bits per heavy atom. The summed E-state index contributed by atoms with van der Waals surface area (Å²) in [4.78, 5) is 13.1. The Morgan fingerprint density at radius 3 is 2.53 bits per heavy atom. The summed E-state index contributed by atoms with van der Waals surface area (Å²) in [5, 5.41) is 12.2. The van der Waals surface area contributed by atoms with Crippen LogP contribution in [0.2, 0.25) is 0 Å². The smallest absolute Gasteiger partial charge is 0.340 e. The number of nitrogens with one attached hydrogen (secondary N) is 1. The number of hydrogen-bond acceptors (Lipinski definition) is 3. The van der Waals surface area contributed by atoms with E-state index in [-0.39, 0.29) is 11.6 Å². The molecule has 5 heteroatoms. The van der Waals surface area contributed by atoms with E-state index in [2.05, 4.69) is 5.32 Å². The fraction of sp³-hybridized carbons (Fsp3) is 0.500. The van der Waals surface area contributed by atoms with Crippen LogP contribution in [0, 0.1) is 11.7 Å². The van der Waals surface area contributed by atoms with Crippen LogP contribution < -0.4 is 5.32 Å². The molecule has 0 aliphatic rings. The predicted octanol–water partition coefficient (Wildman–Crippen LogP) is 2.52. The first kappa shape index (κ1) is 15.4. The molecule has 0 amide bonds. The summed E-state index contributed by atoms with van der Waals surface area (Å²) in [6, 6.07) is 4.31. The highest BCUT2D eigenvalue weighted by Crippen LogP contribution is 2.21. The molecule has 0 aliphatic heterocycles. The molecule has 1 atom stereocenters. The third kappa shape index (κ3) is 4.21. The number of likely N-dealkylation sites (N-methyl/N-ethyl adjacent to an activating group) is 1. The van der Waals surface area contributed by atoms with E-state index in [1.807, 2.05) is 32.8 Å². The Kier molecular flexibility index (Phi) is 5.30. The molecule has 2 N–H and O–H groups in total. The van der Waals surface area contributed by atoms with Crippen LogP contribution in [0.5, 0.6) is 0 Å². The van der Waals surface area contributed by atoms with Crippen molar-refractivity contribution in [1.29, 1.82) is 0 Å². The maximum absolute atomic E-state index is 13.6. The quantitative estimate of drug-likeness (QED) is 0.832. The minimum absolute atomic E-state index is 0.0508. The summed E-state index contributed by atoms with van der Waals surface area (Å²) in [7, 11) is 3.89. The normalized spacial score (nSPS) is 12.8. The number of hydrogen-bond donors (Lipinski definition) is 2. The van der Waals surface area contributed by atoms with Gasteiger partial charge in [-0.05, 0) is 32.1 Å². The van der Waals surface area contributed by atoms with Crippen LogP contribution in [-0.4, -0.2) is 42.7 Å². The number of aromatic carboxylic acids is 1. The van der Waals surface area contributed by atoms with Gasteiger partial charge >= 0.3 is 5.97 Å². The second-order valence-corrected chi connectivity index (χ2v) is 5.22. The van der Waals surface area contributed by atoms with E-state index in [0.717, 1.165) is 12.6 Å². The number of anilines is 1. The molecule has 4 nitrogen and oxygen atoms in total. The van der Waals surface area contributed by atoms with E-state index in [9.17, 15) is 9.18 Å². The maximum Gasteiger partial charge on any atom is 0.340 e. The van der Waals surface area contributed by atoms with Gasteiger partial charge in [0.15, 0.2) is 0 Å². The van der Waals surface area contributed by atoms with E-state index in [1.165, 1.54) is 6.07 Å². The lowest BCUT2D eigenvalue weighted by Crippen LogP contribution is -2.36. The average molecular weight is 268 g/mol. The summed E-state index contributed by atoms with van der Waals surface area (Å²) in [6.45, 7) is 4.83. The van der Waals surface area contributed by atoms with Gasteiger partial charge in [-0.3, -0.25) is 0 Å². The molecule has 0 fully saturated rings. The molecule has 0 spiro atoms. The van der Waals surface area contributed by atoms with Gasteiger partial charge in [-0.25, -0.2) is 9.18 Å². The zero-order valence-electron chi connectivity index (χ0n) is 11.8. The van der Waals surface area contributed by atoms with Crippen molar-refractivity contribution in [3.63, 3.8) is 0 Å². The third-order valence-corrected chi connectivity index (χ3v) is 2.93. The second kappa shape index (κ2) is 6.52. The number of halogens is 1. The molecular weight excluding hydrogens is 247 g/mol. The number of carboxylic acids is 1. The van der Waals surface area contributed by atoms with Gasteiger partial charge in [-0.2, -0.15) is 0 Å². The summed E-state index contributed by atoms with van der Waals surface area (Å²) in [6.07, 6.45) is 0. The molecule has 0 aromatic heterocycles. The second-order valence-electron chi connectivity index (χ2n) is 5.22. The van der Waals surface area contributed by atoms with E-state index in [4.69, 9.17) is 5.11 Å². The van der Waals surface area contributed by atoms with Gasteiger partial charge in [0.2, 0.25) is 0 Å². The molecule has 0 radical (unpaired) electrons. The highest BCUT2D eigenvalue weighted by atomic mass is 19.1. The van der Waals surface area contributed by atoms with Gasteiger partial charge in [-0.15, -0.1) is 0 Å². The van der Waals surface area contributed by atoms with E-state index < -0.39 is 11.8 Å². The Bertz CT molecular complexity index is 447. The van der Waals surface area contributed by atoms with E-state index in [0.29, 0.717) is 11.6 Å². The van der Waals surface area contributed by atoms with Crippen LogP contribution >= 0.6 is 0 Å². The Hall–Kier alpha value is -1.62. The summed E-state index contributed by atoms with van der Waals surface area (Å²) in [5.74, 6) is -1.68. The zero-order valence-corrected chi connectivity index (χ0v) is 11.8. The molecule has 19 heavy (non-hydrogen) atoms. The molecule has 1 aromatic rings. The molecular formula is C14H21FN2O2. The molecule has 0 saturated carbocycles. The first-order valence-electron chi connectivity index (χ1n) is 6.26. The van der Waals surface area contributed by atoms with Crippen molar-refractivity contribution in [3.8, 4) is 0 Å². The Morgan fingerprint density at radius 1 is 1.42 bits per heavy atom. The lowest BCUT2D eigenvalue weighted by molar-refractivity contribution is 0.0693. The third-order valence-electron chi connectivity index (χ3n) is 2.93. The van der Waals surface area contributed by atoms with Crippen molar-refractivity contribution in [2.24, 2.45) is 5.92 Å². The number of rotatable bonds is 6. The first-order valence-corrected chi connectivity index (χ1v) is 6.26. The van der Waals surface area contributed by atoms with Crippen molar-refractivity contribution in [2.75, 3.05) is 26.0 Å². The molecule has 0 saturated heterocycles. The molecule has 1 unspecified atom stereocenters. The monoisotopic (exact) mass is 268 g/mol. The summed E-state index contributed by atoms with van der Waals surface area (Å²) in [5.41, 5.74) is 0.0277. The van der Waals surface area contributed by atoms with Gasteiger partial charge < -0.3 is 15.3 Å². The lowest BCUT2D eigenvalue weighted by Gasteiger charge is -2.27. The molecule has 0 bridgehead atoms. The minimum Gasteiger partial charge on any atom is -0.478 e. The minimum atomic E-state index is -1.26. The number of nitrogens with zero attached hydrogens (tertiary/aromatic N) is 1. The van der Waals surface area contributed by atoms with Crippen molar-refractivity contribution in [1.82, 2.24) is 4.90 Å². The topological polar surface area (TPSA) is 52.6 Å². The molecule has 106 valence electrons. The number of carbonyl (C=O) groups is 1. The van der Waals surface area contributed by atoms with Crippen LogP contribution in [0.4, 0.5) is 10.1 Å². The van der Waals surface area contributed by atoms with Gasteiger partial charge in [0.25, 0.3) is 0 Å². The fourth-order valence-electron chi connectivity index (χ4n) is 1.88. The van der Waals surface area contributed by atoms with Gasteiger partial charge in [0.1, 0.15) is 11.4 Å². The van der Waals surface area contributed by atoms with Crippen molar-refractivity contribution in [3.05, 3.63) is 29.6 Å². The maximum atomic E-state index is 13.6. The summed E-state index contributed by atoms with van der Waals surface area (Å²) < 4.78 is 13.6. The predicted molar refractivity (Wildman–Crippen MR) is 74.2 cm³/mol. The Labute approximate surface area is 113 Å². The standard InChI is InChI=1S/C14H21FN2O2/c1-9(2)12(8-17(3)4)16-11-7-5-6-10(15)13(11)14(18)19/h5-7,9,12,16H,8H2,1-4H3,(H,18,19). The molecule has 1 rings (SSSR count). The van der Waals surface area contributed by atoms with Crippen LogP contribution in [0.1, 0.15) is 24.2 Å². The fourth-order valence-corrected chi connectivity index (χ4v) is 1.88. The number of benzene rings is 1. The van der Waals surface area contributed by atoms with Gasteiger partial charge in [-0.1, -0.05) is 19.9 Å². The average Bonchev–Trinajstić information content (AvgIpc) is 2.26. The lowest BCUT2D eigenvalue weighted by atomic mass is 10.0.